The second-order valence-corrected chi connectivity index (χ2v) is 5.89. The van der Waals surface area contributed by atoms with Crippen LogP contribution < -0.4 is 0 Å². The summed E-state index contributed by atoms with van der Waals surface area (Å²) in [6.45, 7) is 8.47. The summed E-state index contributed by atoms with van der Waals surface area (Å²) in [7, 11) is 0. The molecule has 0 heterocycles. The van der Waals surface area contributed by atoms with Gasteiger partial charge in [0.15, 0.2) is 0 Å². The van der Waals surface area contributed by atoms with Crippen LogP contribution in [0.5, 0.6) is 0 Å². The van der Waals surface area contributed by atoms with Gasteiger partial charge >= 0.3 is 0 Å². The third kappa shape index (κ3) is 4.41. The molecule has 0 bridgehead atoms. The van der Waals surface area contributed by atoms with E-state index >= 15 is 0 Å². The third-order valence-electron chi connectivity index (χ3n) is 3.64. The Morgan fingerprint density at radius 3 is 2.18 bits per heavy atom. The largest absolute Gasteiger partial charge is 0.395 e. The van der Waals surface area contributed by atoms with Crippen LogP contribution in [0, 0.1) is 5.41 Å². The van der Waals surface area contributed by atoms with Crippen LogP contribution in [0.4, 0.5) is 0 Å². The Balaban J connectivity index is 2.57. The molecule has 3 heteroatoms. The topological polar surface area (TPSA) is 43.7 Å². The smallest absolute Gasteiger partial charge is 0.0558 e. The van der Waals surface area contributed by atoms with Crippen molar-refractivity contribution in [1.29, 1.82) is 0 Å². The number of rotatable bonds is 5. The van der Waals surface area contributed by atoms with Crippen LogP contribution in [-0.2, 0) is 0 Å². The Bertz CT molecular complexity index is 249. The van der Waals surface area contributed by atoms with Crippen molar-refractivity contribution >= 4 is 0 Å². The fraction of sp³-hybridized carbons (Fsp3) is 0.857. The van der Waals surface area contributed by atoms with Gasteiger partial charge in [0.2, 0.25) is 0 Å². The van der Waals surface area contributed by atoms with E-state index < -0.39 is 0 Å². The van der Waals surface area contributed by atoms with E-state index in [0.717, 1.165) is 19.3 Å². The molecule has 0 spiro atoms. The van der Waals surface area contributed by atoms with E-state index in [2.05, 4.69) is 31.7 Å². The molecule has 0 radical (unpaired) electrons. The minimum atomic E-state index is 0.173. The van der Waals surface area contributed by atoms with Gasteiger partial charge in [0.25, 0.3) is 0 Å². The summed E-state index contributed by atoms with van der Waals surface area (Å²) >= 11 is 0. The van der Waals surface area contributed by atoms with Crippen molar-refractivity contribution in [2.45, 2.75) is 46.1 Å². The summed E-state index contributed by atoms with van der Waals surface area (Å²) in [5, 5.41) is 18.1. The van der Waals surface area contributed by atoms with Crippen molar-refractivity contribution in [3.63, 3.8) is 0 Å². The van der Waals surface area contributed by atoms with Crippen LogP contribution in [-0.4, -0.2) is 47.5 Å². The number of aliphatic hydroxyl groups is 2. The second-order valence-electron chi connectivity index (χ2n) is 5.89. The normalized spacial score (nSPS) is 21.8. The van der Waals surface area contributed by atoms with Gasteiger partial charge in [-0.15, -0.1) is 0 Å². The zero-order valence-electron chi connectivity index (χ0n) is 11.4. The molecule has 1 rings (SSSR count). The minimum Gasteiger partial charge on any atom is -0.395 e. The first-order valence-electron chi connectivity index (χ1n) is 6.64. The molecule has 0 aromatic carbocycles. The molecule has 17 heavy (non-hydrogen) atoms. The lowest BCUT2D eigenvalue weighted by Crippen LogP contribution is -2.40. The molecule has 3 nitrogen and oxygen atoms in total. The van der Waals surface area contributed by atoms with E-state index in [1.807, 2.05) is 0 Å². The van der Waals surface area contributed by atoms with Crippen LogP contribution in [0.25, 0.3) is 0 Å². The third-order valence-corrected chi connectivity index (χ3v) is 3.64. The van der Waals surface area contributed by atoms with E-state index in [9.17, 15) is 0 Å². The average molecular weight is 241 g/mol. The standard InChI is InChI=1S/C14H27NO2/c1-14(2,3)12-4-6-13(7-5-12)15(8-10-16)9-11-17/h4,13,16-17H,5-11H2,1-3H3. The summed E-state index contributed by atoms with van der Waals surface area (Å²) in [6.07, 6.45) is 5.69. The molecule has 0 fully saturated rings. The number of allylic oxidation sites excluding steroid dienone is 1. The molecule has 100 valence electrons. The summed E-state index contributed by atoms with van der Waals surface area (Å²) < 4.78 is 0. The van der Waals surface area contributed by atoms with E-state index in [4.69, 9.17) is 10.2 Å². The lowest BCUT2D eigenvalue weighted by molar-refractivity contribution is 0.114. The molecule has 0 aliphatic heterocycles. The average Bonchev–Trinajstić information content (AvgIpc) is 2.28. The number of hydrogen-bond acceptors (Lipinski definition) is 3. The Hall–Kier alpha value is -0.380. The van der Waals surface area contributed by atoms with Gasteiger partial charge in [0, 0.05) is 19.1 Å². The number of aliphatic hydroxyl groups excluding tert-OH is 2. The Kier molecular flexibility index (Phi) is 5.63. The van der Waals surface area contributed by atoms with Crippen LogP contribution >= 0.6 is 0 Å². The summed E-state index contributed by atoms with van der Waals surface area (Å²) in [4.78, 5) is 2.20. The molecule has 0 saturated carbocycles. The Labute approximate surface area is 105 Å². The number of hydrogen-bond donors (Lipinski definition) is 2. The predicted molar refractivity (Wildman–Crippen MR) is 70.9 cm³/mol. The first kappa shape index (κ1) is 14.7. The monoisotopic (exact) mass is 241 g/mol. The zero-order valence-corrected chi connectivity index (χ0v) is 11.4. The highest BCUT2D eigenvalue weighted by molar-refractivity contribution is 5.14. The molecule has 1 aliphatic carbocycles. The SMILES string of the molecule is CC(C)(C)C1=CCC(N(CCO)CCO)CC1. The van der Waals surface area contributed by atoms with Crippen LogP contribution in [0.1, 0.15) is 40.0 Å². The van der Waals surface area contributed by atoms with Gasteiger partial charge in [-0.1, -0.05) is 32.4 Å². The number of nitrogens with zero attached hydrogens (tertiary/aromatic N) is 1. The van der Waals surface area contributed by atoms with E-state index in [0.29, 0.717) is 19.1 Å². The Morgan fingerprint density at radius 1 is 1.24 bits per heavy atom. The minimum absolute atomic E-state index is 0.173. The highest BCUT2D eigenvalue weighted by atomic mass is 16.3. The summed E-state index contributed by atoms with van der Waals surface area (Å²) in [5.74, 6) is 0. The van der Waals surface area contributed by atoms with Crippen LogP contribution in [0.3, 0.4) is 0 Å². The van der Waals surface area contributed by atoms with Crippen molar-refractivity contribution in [2.24, 2.45) is 5.41 Å². The van der Waals surface area contributed by atoms with E-state index in [1.54, 1.807) is 5.57 Å². The molecule has 0 amide bonds. The second kappa shape index (κ2) is 6.53. The molecule has 1 atom stereocenters. The van der Waals surface area contributed by atoms with Gasteiger partial charge in [0.05, 0.1) is 13.2 Å². The molecular formula is C14H27NO2. The highest BCUT2D eigenvalue weighted by Crippen LogP contribution is 2.34. The molecular weight excluding hydrogens is 214 g/mol. The van der Waals surface area contributed by atoms with Gasteiger partial charge in [-0.25, -0.2) is 0 Å². The molecule has 0 aromatic heterocycles. The first-order chi connectivity index (χ1) is 7.99. The van der Waals surface area contributed by atoms with E-state index in [1.165, 1.54) is 0 Å². The van der Waals surface area contributed by atoms with Crippen LogP contribution in [0.2, 0.25) is 0 Å². The van der Waals surface area contributed by atoms with E-state index in [-0.39, 0.29) is 18.6 Å². The Morgan fingerprint density at radius 2 is 1.82 bits per heavy atom. The van der Waals surface area contributed by atoms with Gasteiger partial charge in [-0.3, -0.25) is 4.90 Å². The maximum Gasteiger partial charge on any atom is 0.0558 e. The molecule has 1 aliphatic rings. The first-order valence-corrected chi connectivity index (χ1v) is 6.64. The van der Waals surface area contributed by atoms with Gasteiger partial charge in [-0.05, 0) is 24.7 Å². The van der Waals surface area contributed by atoms with Gasteiger partial charge in [0.1, 0.15) is 0 Å². The molecule has 0 aromatic rings. The summed E-state index contributed by atoms with van der Waals surface area (Å²) in [6, 6.07) is 0.486. The van der Waals surface area contributed by atoms with Crippen molar-refractivity contribution in [3.05, 3.63) is 11.6 Å². The van der Waals surface area contributed by atoms with Crippen LogP contribution in [0.15, 0.2) is 11.6 Å². The van der Waals surface area contributed by atoms with Gasteiger partial charge in [-0.2, -0.15) is 0 Å². The summed E-state index contributed by atoms with van der Waals surface area (Å²) in [5.41, 5.74) is 1.82. The van der Waals surface area contributed by atoms with Gasteiger partial charge < -0.3 is 10.2 Å². The molecule has 0 saturated heterocycles. The predicted octanol–water partition coefficient (Wildman–Crippen LogP) is 1.80. The van der Waals surface area contributed by atoms with Crippen molar-refractivity contribution < 1.29 is 10.2 Å². The fourth-order valence-electron chi connectivity index (χ4n) is 2.57. The van der Waals surface area contributed by atoms with Crippen molar-refractivity contribution in [1.82, 2.24) is 4.90 Å². The van der Waals surface area contributed by atoms with Crippen molar-refractivity contribution in [2.75, 3.05) is 26.3 Å². The maximum atomic E-state index is 9.04. The lowest BCUT2D eigenvalue weighted by Gasteiger charge is -2.35. The lowest BCUT2D eigenvalue weighted by atomic mass is 9.79. The maximum absolute atomic E-state index is 9.04. The molecule has 2 N–H and O–H groups in total. The zero-order chi connectivity index (χ0) is 12.9. The fourth-order valence-corrected chi connectivity index (χ4v) is 2.57. The quantitative estimate of drug-likeness (QED) is 0.721. The van der Waals surface area contributed by atoms with Crippen molar-refractivity contribution in [3.8, 4) is 0 Å². The highest BCUT2D eigenvalue weighted by Gasteiger charge is 2.25. The molecule has 1 unspecified atom stereocenters.